The number of esters is 2. The second kappa shape index (κ2) is 76.9. The molecule has 532 valence electrons. The van der Waals surface area contributed by atoms with E-state index in [9.17, 15) is 19.0 Å². The van der Waals surface area contributed by atoms with Gasteiger partial charge in [0.05, 0.1) is 13.2 Å². The molecule has 0 aromatic heterocycles. The number of ether oxygens (including phenoxy) is 2. The van der Waals surface area contributed by atoms with Gasteiger partial charge in [0, 0.05) is 19.4 Å². The van der Waals surface area contributed by atoms with E-state index in [1.807, 2.05) is 0 Å². The van der Waals surface area contributed by atoms with Gasteiger partial charge in [0.15, 0.2) is 6.10 Å². The van der Waals surface area contributed by atoms with Gasteiger partial charge >= 0.3 is 19.8 Å². The third kappa shape index (κ3) is 76.8. The molecule has 0 aromatic carbocycles. The van der Waals surface area contributed by atoms with Crippen LogP contribution in [0.3, 0.4) is 0 Å². The van der Waals surface area contributed by atoms with Gasteiger partial charge in [-0.3, -0.25) is 18.6 Å². The zero-order chi connectivity index (χ0) is 67.2. The molecule has 0 fully saturated rings. The van der Waals surface area contributed by atoms with E-state index in [1.54, 1.807) is 0 Å². The quantitative estimate of drug-likeness (QED) is 0.0264. The molecule has 0 radical (unpaired) electrons. The van der Waals surface area contributed by atoms with E-state index in [0.717, 1.165) is 116 Å². The Morgan fingerprint density at radius 2 is 0.591 bits per heavy atom. The summed E-state index contributed by atoms with van der Waals surface area (Å²) in [5.41, 5.74) is 5.41. The monoisotopic (exact) mass is 1310 g/mol. The lowest BCUT2D eigenvalue weighted by molar-refractivity contribution is -0.161. The number of nitrogens with two attached hydrogens (primary N) is 1. The highest BCUT2D eigenvalue weighted by atomic mass is 31.2. The van der Waals surface area contributed by atoms with E-state index in [2.05, 4.69) is 160 Å². The summed E-state index contributed by atoms with van der Waals surface area (Å²) in [6, 6.07) is 0. The van der Waals surface area contributed by atoms with Crippen molar-refractivity contribution in [1.82, 2.24) is 0 Å². The number of carbonyl (C=O) groups excluding carboxylic acids is 2. The van der Waals surface area contributed by atoms with Gasteiger partial charge in [-0.25, -0.2) is 4.57 Å². The SMILES string of the molecule is CC/C=C\C/C=C\C/C=C\C/C=C\C/C=C\C/C=C\C/C=C\C/C=C\C/C=C\CCCCCCCCCC(=O)OC(COC(=O)CCCCCCCCCCCCCCCCCCCCCCCC/C=C\C/C=C\C/C=C\CCCCCCC)COP(=O)(O)OCCN. The third-order valence-corrected chi connectivity index (χ3v) is 17.2. The number of unbranched alkanes of at least 4 members (excludes halogenated alkanes) is 34. The maximum atomic E-state index is 12.8. The average molecular weight is 1310 g/mol. The molecule has 3 N–H and O–H groups in total. The minimum Gasteiger partial charge on any atom is -0.462 e. The summed E-state index contributed by atoms with van der Waals surface area (Å²) in [5, 5.41) is 0. The van der Waals surface area contributed by atoms with Crippen molar-refractivity contribution >= 4 is 19.8 Å². The van der Waals surface area contributed by atoms with Crippen LogP contribution in [0.4, 0.5) is 0 Å². The smallest absolute Gasteiger partial charge is 0.462 e. The molecule has 0 saturated carbocycles. The first-order valence-corrected chi connectivity index (χ1v) is 39.8. The van der Waals surface area contributed by atoms with Gasteiger partial charge in [-0.15, -0.1) is 0 Å². The van der Waals surface area contributed by atoms with E-state index in [1.165, 1.54) is 186 Å². The van der Waals surface area contributed by atoms with Crippen molar-refractivity contribution in [2.24, 2.45) is 5.73 Å². The van der Waals surface area contributed by atoms with Crippen LogP contribution in [-0.2, 0) is 32.7 Å². The third-order valence-electron chi connectivity index (χ3n) is 16.2. The molecule has 0 aliphatic heterocycles. The van der Waals surface area contributed by atoms with Crippen LogP contribution in [0.25, 0.3) is 0 Å². The Kier molecular flexibility index (Phi) is 73.5. The van der Waals surface area contributed by atoms with Gasteiger partial charge in [0.25, 0.3) is 0 Å². The van der Waals surface area contributed by atoms with Crippen LogP contribution < -0.4 is 5.73 Å². The van der Waals surface area contributed by atoms with Crippen molar-refractivity contribution in [3.8, 4) is 0 Å². The Balaban J connectivity index is 3.89. The molecular weight excluding hydrogens is 1170 g/mol. The predicted octanol–water partition coefficient (Wildman–Crippen LogP) is 25.8. The van der Waals surface area contributed by atoms with Crippen LogP contribution in [0.15, 0.2) is 146 Å². The standard InChI is InChI=1S/C83H142NO8P/c1-3-5-7-9-11-13-15-17-19-21-23-25-27-29-31-33-35-37-39-40-42-43-45-47-49-51-53-55-57-59-61-63-65-67-69-71-73-75-82(85)89-79-81(80-91-93(87,88)90-78-77-84)92-83(86)76-74-72-70-68-66-64-62-60-58-56-54-52-50-48-46-44-41-38-36-34-32-30-28-26-24-22-20-18-16-14-12-10-8-6-4-2/h6,8,12,14-15,17-18,20-21,23-24,26-27,29-30,32,36,38,44,46,50,52,56,58,81H,3-5,7,9-11,13,16,19,22,25,28,31,33-35,37,39-43,45,47-49,51,53-55,57,59-80,84H2,1-2H3,(H,87,88)/b8-6-,14-12-,17-15-,20-18-,23-21-,26-24-,29-27-,32-30-,38-36-,46-44-,52-50-,58-56-. The summed E-state index contributed by atoms with van der Waals surface area (Å²) in [4.78, 5) is 35.4. The fraction of sp³-hybridized carbons (Fsp3) is 0.687. The first kappa shape index (κ1) is 88.9. The van der Waals surface area contributed by atoms with Gasteiger partial charge in [0.1, 0.15) is 6.61 Å². The lowest BCUT2D eigenvalue weighted by atomic mass is 10.0. The summed E-state index contributed by atoms with van der Waals surface area (Å²) in [6.45, 7) is 3.63. The number of phosphoric acid groups is 1. The molecule has 0 saturated heterocycles. The van der Waals surface area contributed by atoms with Crippen molar-refractivity contribution < 1.29 is 37.6 Å². The van der Waals surface area contributed by atoms with Crippen LogP contribution >= 0.6 is 7.82 Å². The number of rotatable bonds is 71. The Hall–Kier alpha value is -4.11. The average Bonchev–Trinajstić information content (AvgIpc) is 3.70. The van der Waals surface area contributed by atoms with Crippen molar-refractivity contribution in [1.29, 1.82) is 0 Å². The highest BCUT2D eigenvalue weighted by molar-refractivity contribution is 7.47. The molecule has 93 heavy (non-hydrogen) atoms. The zero-order valence-electron chi connectivity index (χ0n) is 59.9. The maximum absolute atomic E-state index is 12.8. The second-order valence-electron chi connectivity index (χ2n) is 25.1. The highest BCUT2D eigenvalue weighted by Crippen LogP contribution is 2.43. The molecular formula is C83H142NO8P. The van der Waals surface area contributed by atoms with Crippen LogP contribution in [0.2, 0.25) is 0 Å². The molecule has 0 aliphatic rings. The van der Waals surface area contributed by atoms with Crippen molar-refractivity contribution in [3.63, 3.8) is 0 Å². The lowest BCUT2D eigenvalue weighted by Crippen LogP contribution is -2.29. The molecule has 0 amide bonds. The van der Waals surface area contributed by atoms with E-state index >= 15 is 0 Å². The molecule has 9 nitrogen and oxygen atoms in total. The van der Waals surface area contributed by atoms with Gasteiger partial charge in [0.2, 0.25) is 0 Å². The molecule has 10 heteroatoms. The zero-order valence-corrected chi connectivity index (χ0v) is 60.8. The molecule has 2 unspecified atom stereocenters. The minimum absolute atomic E-state index is 0.0459. The molecule has 0 bridgehead atoms. The maximum Gasteiger partial charge on any atom is 0.472 e. The van der Waals surface area contributed by atoms with Crippen molar-refractivity contribution in [2.75, 3.05) is 26.4 Å². The van der Waals surface area contributed by atoms with Gasteiger partial charge < -0.3 is 20.1 Å². The number of allylic oxidation sites excluding steroid dienone is 24. The number of hydrogen-bond donors (Lipinski definition) is 2. The molecule has 0 heterocycles. The number of hydrogen-bond acceptors (Lipinski definition) is 8. The van der Waals surface area contributed by atoms with Gasteiger partial charge in [-0.1, -0.05) is 346 Å². The second-order valence-corrected chi connectivity index (χ2v) is 26.6. The lowest BCUT2D eigenvalue weighted by Gasteiger charge is -2.19. The van der Waals surface area contributed by atoms with E-state index in [4.69, 9.17) is 24.3 Å². The minimum atomic E-state index is -4.41. The van der Waals surface area contributed by atoms with E-state index < -0.39 is 26.5 Å². The Bertz CT molecular complexity index is 2040. The van der Waals surface area contributed by atoms with Gasteiger partial charge in [-0.05, 0) is 122 Å². The first-order valence-electron chi connectivity index (χ1n) is 38.3. The largest absolute Gasteiger partial charge is 0.472 e. The highest BCUT2D eigenvalue weighted by Gasteiger charge is 2.26. The summed E-state index contributed by atoms with van der Waals surface area (Å²) >= 11 is 0. The summed E-state index contributed by atoms with van der Waals surface area (Å²) < 4.78 is 33.2. The van der Waals surface area contributed by atoms with E-state index in [-0.39, 0.29) is 38.6 Å². The van der Waals surface area contributed by atoms with E-state index in [0.29, 0.717) is 6.42 Å². The first-order chi connectivity index (χ1) is 45.8. The van der Waals surface area contributed by atoms with Crippen LogP contribution in [0.5, 0.6) is 0 Å². The van der Waals surface area contributed by atoms with Crippen molar-refractivity contribution in [2.45, 2.75) is 341 Å². The Morgan fingerprint density at radius 1 is 0.333 bits per heavy atom. The predicted molar refractivity (Wildman–Crippen MR) is 404 cm³/mol. The normalized spacial score (nSPS) is 13.7. The summed E-state index contributed by atoms with van der Waals surface area (Å²) in [7, 11) is -4.41. The molecule has 0 rings (SSSR count). The molecule has 0 aliphatic carbocycles. The Morgan fingerprint density at radius 3 is 0.882 bits per heavy atom. The number of carbonyl (C=O) groups is 2. The molecule has 2 atom stereocenters. The fourth-order valence-corrected chi connectivity index (χ4v) is 11.3. The topological polar surface area (TPSA) is 134 Å². The fourth-order valence-electron chi connectivity index (χ4n) is 10.6. The number of phosphoric ester groups is 1. The molecule has 0 spiro atoms. The van der Waals surface area contributed by atoms with Crippen LogP contribution in [0.1, 0.15) is 335 Å². The van der Waals surface area contributed by atoms with Crippen LogP contribution in [-0.4, -0.2) is 49.3 Å². The van der Waals surface area contributed by atoms with Crippen LogP contribution in [0, 0.1) is 0 Å². The Labute approximate surface area is 573 Å². The van der Waals surface area contributed by atoms with Gasteiger partial charge in [-0.2, -0.15) is 0 Å². The summed E-state index contributed by atoms with van der Waals surface area (Å²) in [5.74, 6) is -0.837. The molecule has 0 aromatic rings. The summed E-state index contributed by atoms with van der Waals surface area (Å²) in [6.07, 6.45) is 111. The van der Waals surface area contributed by atoms with Crippen molar-refractivity contribution in [3.05, 3.63) is 146 Å².